The second kappa shape index (κ2) is 19.7. The van der Waals surface area contributed by atoms with Gasteiger partial charge in [0.15, 0.2) is 0 Å². The van der Waals surface area contributed by atoms with E-state index in [0.29, 0.717) is 12.5 Å². The lowest BCUT2D eigenvalue weighted by Crippen LogP contribution is -2.22. The van der Waals surface area contributed by atoms with E-state index in [9.17, 15) is 18.0 Å². The summed E-state index contributed by atoms with van der Waals surface area (Å²) in [5.74, 6) is 7.18. The third kappa shape index (κ3) is 14.2. The molecule has 6 N–H and O–H groups in total. The largest absolute Gasteiger partial charge is 0.495 e. The number of halogens is 3. The summed E-state index contributed by atoms with van der Waals surface area (Å²) < 4.78 is 37.8. The van der Waals surface area contributed by atoms with Gasteiger partial charge in [0.2, 0.25) is 5.91 Å². The van der Waals surface area contributed by atoms with Gasteiger partial charge in [0.05, 0.1) is 25.9 Å². The van der Waals surface area contributed by atoms with Crippen LogP contribution in [0.2, 0.25) is 0 Å². The van der Waals surface area contributed by atoms with Gasteiger partial charge in [-0.2, -0.15) is 13.2 Å². The first-order valence-corrected chi connectivity index (χ1v) is 14.0. The van der Waals surface area contributed by atoms with Crippen LogP contribution in [0.3, 0.4) is 0 Å². The van der Waals surface area contributed by atoms with Crippen LogP contribution in [0.5, 0.6) is 5.75 Å². The third-order valence-electron chi connectivity index (χ3n) is 5.53. The molecule has 0 saturated carbocycles. The van der Waals surface area contributed by atoms with Crippen LogP contribution >= 0.6 is 11.9 Å². The van der Waals surface area contributed by atoms with E-state index in [2.05, 4.69) is 42.4 Å². The number of hydrogen-bond donors (Lipinski definition) is 4. The number of nitrogens with two attached hydrogens (primary N) is 2. The number of methoxy groups -OCH3 is 1. The lowest BCUT2D eigenvalue weighted by molar-refractivity contribution is -0.130. The molecule has 0 aliphatic rings. The van der Waals surface area contributed by atoms with Gasteiger partial charge in [0.1, 0.15) is 5.75 Å². The van der Waals surface area contributed by atoms with Crippen molar-refractivity contribution in [3.8, 4) is 17.6 Å². The predicted octanol–water partition coefficient (Wildman–Crippen LogP) is 7.40. The van der Waals surface area contributed by atoms with Gasteiger partial charge in [-0.05, 0) is 67.1 Å². The minimum atomic E-state index is -3.96. The topological polar surface area (TPSA) is 102 Å². The molecule has 0 aromatic heterocycles. The maximum absolute atomic E-state index is 11.2. The lowest BCUT2D eigenvalue weighted by atomic mass is 9.94. The van der Waals surface area contributed by atoms with Crippen LogP contribution in [0.1, 0.15) is 58.6 Å². The number of allylic oxidation sites excluding steroid dienone is 1. The highest BCUT2D eigenvalue weighted by Gasteiger charge is 2.22. The van der Waals surface area contributed by atoms with E-state index in [1.165, 1.54) is 11.9 Å². The van der Waals surface area contributed by atoms with Gasteiger partial charge < -0.3 is 21.1 Å². The highest BCUT2D eigenvalue weighted by molar-refractivity contribution is 7.97. The Morgan fingerprint density at radius 2 is 1.80 bits per heavy atom. The summed E-state index contributed by atoms with van der Waals surface area (Å²) in [4.78, 5) is 12.1. The van der Waals surface area contributed by atoms with E-state index in [-0.39, 0.29) is 6.54 Å². The van der Waals surface area contributed by atoms with Crippen LogP contribution in [0.15, 0.2) is 46.9 Å². The molecule has 6 nitrogen and oxygen atoms in total. The molecule has 1 atom stereocenters. The summed E-state index contributed by atoms with van der Waals surface area (Å²) in [6.45, 7) is 12.0. The molecular weight excluding hydrogens is 537 g/mol. The van der Waals surface area contributed by atoms with E-state index in [1.807, 2.05) is 57.2 Å². The van der Waals surface area contributed by atoms with Crippen molar-refractivity contribution in [1.82, 2.24) is 0 Å². The molecule has 0 saturated heterocycles. The Bertz CT molecular complexity index is 1140. The highest BCUT2D eigenvalue weighted by atomic mass is 32.2. The average molecular weight is 581 g/mol. The van der Waals surface area contributed by atoms with Crippen LogP contribution in [0.25, 0.3) is 6.08 Å². The van der Waals surface area contributed by atoms with Gasteiger partial charge in [0, 0.05) is 28.1 Å². The zero-order valence-electron chi connectivity index (χ0n) is 24.5. The van der Waals surface area contributed by atoms with Crippen molar-refractivity contribution in [2.24, 2.45) is 16.8 Å². The quantitative estimate of drug-likeness (QED) is 0.173. The zero-order chi connectivity index (χ0) is 30.7. The number of carbonyl (C=O) groups excluding carboxylic acids is 1. The maximum atomic E-state index is 11.2. The van der Waals surface area contributed by atoms with Crippen molar-refractivity contribution >= 4 is 35.3 Å². The van der Waals surface area contributed by atoms with E-state index in [4.69, 9.17) is 15.6 Å². The molecule has 0 radical (unpaired) electrons. The van der Waals surface area contributed by atoms with Crippen LogP contribution in [-0.4, -0.2) is 32.3 Å². The van der Waals surface area contributed by atoms with E-state index < -0.39 is 18.5 Å². The van der Waals surface area contributed by atoms with Crippen molar-refractivity contribution in [2.75, 3.05) is 30.8 Å². The first-order chi connectivity index (χ1) is 18.9. The Morgan fingerprint density at radius 1 is 1.15 bits per heavy atom. The Kier molecular flexibility index (Phi) is 18.1. The molecule has 0 fully saturated rings. The molecule has 40 heavy (non-hydrogen) atoms. The van der Waals surface area contributed by atoms with Gasteiger partial charge in [-0.25, -0.2) is 0 Å². The first kappa shape index (κ1) is 36.7. The number of amides is 1. The number of alkyl halides is 3. The maximum Gasteiger partial charge on any atom is 0.388 e. The number of nitrogens with one attached hydrogen (secondary N) is 2. The molecule has 222 valence electrons. The number of hydrogen-bond acceptors (Lipinski definition) is 6. The fourth-order valence-corrected chi connectivity index (χ4v) is 3.38. The summed E-state index contributed by atoms with van der Waals surface area (Å²) in [5, 5.41) is 12.1. The average Bonchev–Trinajstić information content (AvgIpc) is 2.95. The van der Waals surface area contributed by atoms with Gasteiger partial charge in [-0.15, -0.1) is 0 Å². The number of primary amides is 1. The SMILES string of the molecule is CC.CCC(C)/C(C#CCNc1ccc(SN)cc1OC)=C\c1c(C)cccc1NCC(N)=O.CCC(F)(F)F. The summed E-state index contributed by atoms with van der Waals surface area (Å²) in [7, 11) is 1.63. The minimum Gasteiger partial charge on any atom is -0.495 e. The Hall–Kier alpha value is -3.29. The Balaban J connectivity index is 0.00000168. The normalized spacial score (nSPS) is 11.4. The molecule has 2 aromatic rings. The summed E-state index contributed by atoms with van der Waals surface area (Å²) in [6, 6.07) is 11.7. The van der Waals surface area contributed by atoms with Crippen molar-refractivity contribution in [3.05, 3.63) is 53.1 Å². The van der Waals surface area contributed by atoms with Crippen LogP contribution in [0.4, 0.5) is 24.5 Å². The number of ether oxygens (including phenoxy) is 1. The van der Waals surface area contributed by atoms with Gasteiger partial charge in [-0.3, -0.25) is 9.93 Å². The molecule has 10 heteroatoms. The fourth-order valence-electron chi connectivity index (χ4n) is 3.06. The molecule has 0 bridgehead atoms. The first-order valence-electron chi connectivity index (χ1n) is 13.1. The standard InChI is InChI=1S/C25H32N4O2S.C3H5F3.C2H6/c1-5-17(2)19(14-21-18(3)8-6-10-22(21)29-16-25(26)30)9-7-13-28-23-12-11-20(32-27)15-24(23)31-4;1-2-3(4,5)6;1-2/h6,8,10-12,14-15,17,28-29H,5,13,16,27H2,1-4H3,(H2,26,30);2H2,1H3;1-2H3/b19-14-;;. The van der Waals surface area contributed by atoms with Gasteiger partial charge >= 0.3 is 6.18 Å². The van der Waals surface area contributed by atoms with E-state index in [1.54, 1.807) is 7.11 Å². The molecular formula is C30H43F3N4O2S. The second-order valence-corrected chi connectivity index (χ2v) is 9.08. The van der Waals surface area contributed by atoms with Crippen molar-refractivity contribution in [2.45, 2.75) is 65.5 Å². The number of aryl methyl sites for hydroxylation is 1. The van der Waals surface area contributed by atoms with Crippen LogP contribution in [0, 0.1) is 24.7 Å². The predicted molar refractivity (Wildman–Crippen MR) is 163 cm³/mol. The third-order valence-corrected chi connectivity index (χ3v) is 6.06. The van der Waals surface area contributed by atoms with Gasteiger partial charge in [-0.1, -0.05) is 58.6 Å². The van der Waals surface area contributed by atoms with Crippen LogP contribution < -0.4 is 26.2 Å². The molecule has 0 aliphatic heterocycles. The molecule has 1 amide bonds. The van der Waals surface area contributed by atoms with Gasteiger partial charge in [0.25, 0.3) is 0 Å². The van der Waals surface area contributed by atoms with E-state index >= 15 is 0 Å². The fraction of sp³-hybridized carbons (Fsp3) is 0.433. The molecule has 2 rings (SSSR count). The molecule has 2 aromatic carbocycles. The Labute approximate surface area is 241 Å². The van der Waals surface area contributed by atoms with Crippen LogP contribution in [-0.2, 0) is 4.79 Å². The summed E-state index contributed by atoms with van der Waals surface area (Å²) in [5.41, 5.74) is 10.2. The molecule has 0 heterocycles. The zero-order valence-corrected chi connectivity index (χ0v) is 25.3. The molecule has 0 spiro atoms. The number of benzene rings is 2. The Morgan fingerprint density at radius 3 is 2.33 bits per heavy atom. The number of rotatable bonds is 10. The molecule has 1 unspecified atom stereocenters. The minimum absolute atomic E-state index is 0.0852. The molecule has 0 aliphatic carbocycles. The summed E-state index contributed by atoms with van der Waals surface area (Å²) >= 11 is 1.18. The lowest BCUT2D eigenvalue weighted by Gasteiger charge is -2.14. The monoisotopic (exact) mass is 580 g/mol. The smallest absolute Gasteiger partial charge is 0.388 e. The number of carbonyl (C=O) groups is 1. The van der Waals surface area contributed by atoms with Crippen molar-refractivity contribution in [3.63, 3.8) is 0 Å². The number of anilines is 2. The second-order valence-electron chi connectivity index (χ2n) is 8.37. The van der Waals surface area contributed by atoms with Crippen molar-refractivity contribution < 1.29 is 22.7 Å². The summed E-state index contributed by atoms with van der Waals surface area (Å²) in [6.07, 6.45) is -1.61. The van der Waals surface area contributed by atoms with Crippen molar-refractivity contribution in [1.29, 1.82) is 0 Å². The van der Waals surface area contributed by atoms with E-state index in [0.717, 1.165) is 52.1 Å². The highest BCUT2D eigenvalue weighted by Crippen LogP contribution is 2.29.